The molecule has 0 bridgehead atoms. The number of aromatic amines is 1. The fourth-order valence-electron chi connectivity index (χ4n) is 2.09. The van der Waals surface area contributed by atoms with Crippen LogP contribution >= 0.6 is 12.2 Å². The molecule has 1 atom stereocenters. The van der Waals surface area contributed by atoms with Gasteiger partial charge in [-0.2, -0.15) is 0 Å². The van der Waals surface area contributed by atoms with Crippen molar-refractivity contribution in [3.8, 4) is 0 Å². The van der Waals surface area contributed by atoms with E-state index in [-0.39, 0.29) is 11.9 Å². The van der Waals surface area contributed by atoms with Gasteiger partial charge in [-0.1, -0.05) is 0 Å². The molecule has 0 radical (unpaired) electrons. The van der Waals surface area contributed by atoms with Crippen molar-refractivity contribution < 1.29 is 4.79 Å². The predicted octanol–water partition coefficient (Wildman–Crippen LogP) is 2.44. The summed E-state index contributed by atoms with van der Waals surface area (Å²) in [7, 11) is 1.79. The molecule has 0 aliphatic rings. The zero-order chi connectivity index (χ0) is 14.2. The number of rotatable bonds is 3. The summed E-state index contributed by atoms with van der Waals surface area (Å²) in [5, 5.41) is 0. The quantitative estimate of drug-likeness (QED) is 0.877. The number of nitrogens with one attached hydrogen (secondary N) is 1. The standard InChI is InChI=1S/C13H18N4OS/c1-5-16(4)12(18)9(3)17-11-10(15-13(17)19)8(2)6-7-14-11/h6-7,9H,5H2,1-4H3,(H,15,19). The minimum Gasteiger partial charge on any atom is -0.344 e. The van der Waals surface area contributed by atoms with Gasteiger partial charge in [-0.15, -0.1) is 0 Å². The second-order valence-electron chi connectivity index (χ2n) is 4.65. The minimum atomic E-state index is -0.361. The number of nitrogens with zero attached hydrogens (tertiary/aromatic N) is 3. The number of imidazole rings is 1. The molecular weight excluding hydrogens is 260 g/mol. The third-order valence-corrected chi connectivity index (χ3v) is 3.71. The maximum Gasteiger partial charge on any atom is 0.245 e. The lowest BCUT2D eigenvalue weighted by molar-refractivity contribution is -0.132. The van der Waals surface area contributed by atoms with Crippen molar-refractivity contribution in [2.45, 2.75) is 26.8 Å². The molecule has 1 amide bonds. The second-order valence-corrected chi connectivity index (χ2v) is 5.04. The maximum absolute atomic E-state index is 12.3. The van der Waals surface area contributed by atoms with E-state index in [4.69, 9.17) is 12.2 Å². The van der Waals surface area contributed by atoms with Crippen molar-refractivity contribution >= 4 is 29.3 Å². The Kier molecular flexibility index (Phi) is 3.71. The van der Waals surface area contributed by atoms with E-state index in [9.17, 15) is 4.79 Å². The summed E-state index contributed by atoms with van der Waals surface area (Å²) in [6.45, 7) is 6.46. The highest BCUT2D eigenvalue weighted by molar-refractivity contribution is 7.71. The monoisotopic (exact) mass is 278 g/mol. The lowest BCUT2D eigenvalue weighted by atomic mass is 10.2. The number of aromatic nitrogens is 3. The Labute approximate surface area is 117 Å². The van der Waals surface area contributed by atoms with Crippen LogP contribution in [0.25, 0.3) is 11.2 Å². The Morgan fingerprint density at radius 3 is 2.95 bits per heavy atom. The molecule has 0 saturated heterocycles. The summed E-state index contributed by atoms with van der Waals surface area (Å²) >= 11 is 5.33. The second kappa shape index (κ2) is 5.13. The number of amides is 1. The number of H-pyrrole nitrogens is 1. The number of likely N-dealkylation sites (N-methyl/N-ethyl adjacent to an activating group) is 1. The van der Waals surface area contributed by atoms with Crippen molar-refractivity contribution in [2.75, 3.05) is 13.6 Å². The Morgan fingerprint density at radius 2 is 2.32 bits per heavy atom. The van der Waals surface area contributed by atoms with Crippen LogP contribution in [-0.4, -0.2) is 38.9 Å². The first-order valence-electron chi connectivity index (χ1n) is 6.28. The highest BCUT2D eigenvalue weighted by atomic mass is 32.1. The number of fused-ring (bicyclic) bond motifs is 1. The molecule has 2 heterocycles. The van der Waals surface area contributed by atoms with E-state index >= 15 is 0 Å². The first-order valence-corrected chi connectivity index (χ1v) is 6.69. The van der Waals surface area contributed by atoms with E-state index in [1.807, 2.05) is 26.8 Å². The van der Waals surface area contributed by atoms with Gasteiger partial charge >= 0.3 is 0 Å². The molecular formula is C13H18N4OS. The summed E-state index contributed by atoms with van der Waals surface area (Å²) in [5.74, 6) is 0.0304. The van der Waals surface area contributed by atoms with Crippen molar-refractivity contribution in [3.63, 3.8) is 0 Å². The number of pyridine rings is 1. The molecule has 1 unspecified atom stereocenters. The van der Waals surface area contributed by atoms with Gasteiger partial charge in [-0.3, -0.25) is 9.36 Å². The highest BCUT2D eigenvalue weighted by Crippen LogP contribution is 2.20. The van der Waals surface area contributed by atoms with Crippen LogP contribution in [0.3, 0.4) is 0 Å². The zero-order valence-electron chi connectivity index (χ0n) is 11.6. The summed E-state index contributed by atoms with van der Waals surface area (Å²) < 4.78 is 2.31. The fraction of sp³-hybridized carbons (Fsp3) is 0.462. The minimum absolute atomic E-state index is 0.0304. The van der Waals surface area contributed by atoms with E-state index in [2.05, 4.69) is 9.97 Å². The van der Waals surface area contributed by atoms with Gasteiger partial charge in [0.1, 0.15) is 6.04 Å². The zero-order valence-corrected chi connectivity index (χ0v) is 12.4. The molecule has 5 nitrogen and oxygen atoms in total. The normalized spacial score (nSPS) is 12.6. The van der Waals surface area contributed by atoms with E-state index < -0.39 is 0 Å². The van der Waals surface area contributed by atoms with Crippen molar-refractivity contribution in [1.82, 2.24) is 19.4 Å². The molecule has 2 aromatic heterocycles. The van der Waals surface area contributed by atoms with Gasteiger partial charge in [0.2, 0.25) is 5.91 Å². The molecule has 0 spiro atoms. The molecule has 0 aliphatic carbocycles. The summed E-state index contributed by atoms with van der Waals surface area (Å²) in [6, 6.07) is 1.56. The molecule has 0 aliphatic heterocycles. The van der Waals surface area contributed by atoms with Gasteiger partial charge in [0.25, 0.3) is 0 Å². The molecule has 19 heavy (non-hydrogen) atoms. The van der Waals surface area contributed by atoms with Crippen LogP contribution in [0.2, 0.25) is 0 Å². The van der Waals surface area contributed by atoms with Gasteiger partial charge in [-0.25, -0.2) is 4.98 Å². The number of hydrogen-bond donors (Lipinski definition) is 1. The number of carbonyl (C=O) groups excluding carboxylic acids is 1. The Balaban J connectivity index is 2.57. The van der Waals surface area contributed by atoms with Crippen LogP contribution in [0.4, 0.5) is 0 Å². The van der Waals surface area contributed by atoms with Gasteiger partial charge < -0.3 is 9.88 Å². The number of aryl methyl sites for hydroxylation is 1. The number of hydrogen-bond acceptors (Lipinski definition) is 3. The molecule has 102 valence electrons. The Hall–Kier alpha value is -1.69. The first-order chi connectivity index (χ1) is 8.97. The third kappa shape index (κ3) is 2.28. The van der Waals surface area contributed by atoms with Gasteiger partial charge in [-0.05, 0) is 44.6 Å². The van der Waals surface area contributed by atoms with E-state index in [1.54, 1.807) is 22.7 Å². The molecule has 2 aromatic rings. The Morgan fingerprint density at radius 1 is 1.63 bits per heavy atom. The largest absolute Gasteiger partial charge is 0.344 e. The molecule has 0 fully saturated rings. The van der Waals surface area contributed by atoms with Crippen LogP contribution in [-0.2, 0) is 4.79 Å². The average molecular weight is 278 g/mol. The summed E-state index contributed by atoms with van der Waals surface area (Å²) in [6.07, 6.45) is 1.73. The van der Waals surface area contributed by atoms with Gasteiger partial charge in [0, 0.05) is 19.8 Å². The first kappa shape index (κ1) is 13.7. The third-order valence-electron chi connectivity index (χ3n) is 3.41. The van der Waals surface area contributed by atoms with Crippen LogP contribution < -0.4 is 0 Å². The number of carbonyl (C=O) groups is 1. The van der Waals surface area contributed by atoms with Gasteiger partial charge in [0.05, 0.1) is 5.52 Å². The van der Waals surface area contributed by atoms with Crippen LogP contribution in [0.15, 0.2) is 12.3 Å². The smallest absolute Gasteiger partial charge is 0.245 e. The van der Waals surface area contributed by atoms with E-state index in [0.29, 0.717) is 11.3 Å². The van der Waals surface area contributed by atoms with Gasteiger partial charge in [0.15, 0.2) is 10.4 Å². The fourth-order valence-corrected chi connectivity index (χ4v) is 2.44. The van der Waals surface area contributed by atoms with Crippen LogP contribution in [0.1, 0.15) is 25.5 Å². The summed E-state index contributed by atoms with van der Waals surface area (Å²) in [4.78, 5) is 21.4. The van der Waals surface area contributed by atoms with Crippen LogP contribution in [0.5, 0.6) is 0 Å². The average Bonchev–Trinajstić information content (AvgIpc) is 2.74. The predicted molar refractivity (Wildman–Crippen MR) is 77.7 cm³/mol. The lowest BCUT2D eigenvalue weighted by Gasteiger charge is -2.20. The topological polar surface area (TPSA) is 53.9 Å². The molecule has 1 N–H and O–H groups in total. The van der Waals surface area contributed by atoms with E-state index in [0.717, 1.165) is 16.7 Å². The van der Waals surface area contributed by atoms with Crippen molar-refractivity contribution in [2.24, 2.45) is 0 Å². The SMILES string of the molecule is CCN(C)C(=O)C(C)n1c(=S)[nH]c2c(C)ccnc21. The van der Waals surface area contributed by atoms with Crippen molar-refractivity contribution in [3.05, 3.63) is 22.6 Å². The molecule has 2 rings (SSSR count). The van der Waals surface area contributed by atoms with Crippen molar-refractivity contribution in [1.29, 1.82) is 0 Å². The Bertz CT molecular complexity index is 673. The molecule has 0 aromatic carbocycles. The lowest BCUT2D eigenvalue weighted by Crippen LogP contribution is -2.33. The van der Waals surface area contributed by atoms with Crippen LogP contribution in [0, 0.1) is 11.7 Å². The van der Waals surface area contributed by atoms with E-state index in [1.165, 1.54) is 0 Å². The maximum atomic E-state index is 12.3. The summed E-state index contributed by atoms with van der Waals surface area (Å²) in [5.41, 5.74) is 2.69. The molecule has 6 heteroatoms. The molecule has 0 saturated carbocycles. The highest BCUT2D eigenvalue weighted by Gasteiger charge is 2.21.